The molecule has 2 unspecified atom stereocenters. The number of amides is 1. The van der Waals surface area contributed by atoms with Crippen molar-refractivity contribution < 1.29 is 4.79 Å². The standard InChI is InChI=1S/C14H20N2O/c1-4-14(3)8-11(14)13(17)16-12-7-10(15)6-5-9(12)2/h5-7,11H,4,8,15H2,1-3H3,(H,16,17). The zero-order chi connectivity index (χ0) is 12.6. The quantitative estimate of drug-likeness (QED) is 0.787. The number of aryl methyl sites for hydroxylation is 1. The molecule has 1 fully saturated rings. The molecule has 0 heterocycles. The molecule has 92 valence electrons. The van der Waals surface area contributed by atoms with Crippen molar-refractivity contribution in [3.63, 3.8) is 0 Å². The molecule has 1 aromatic carbocycles. The fraction of sp³-hybridized carbons (Fsp3) is 0.500. The minimum absolute atomic E-state index is 0.128. The van der Waals surface area contributed by atoms with E-state index < -0.39 is 0 Å². The van der Waals surface area contributed by atoms with Crippen LogP contribution in [0.2, 0.25) is 0 Å². The lowest BCUT2D eigenvalue weighted by molar-refractivity contribution is -0.118. The van der Waals surface area contributed by atoms with Gasteiger partial charge in [0.2, 0.25) is 5.91 Å². The van der Waals surface area contributed by atoms with Crippen LogP contribution in [-0.4, -0.2) is 5.91 Å². The molecule has 3 heteroatoms. The van der Waals surface area contributed by atoms with Gasteiger partial charge in [0.05, 0.1) is 0 Å². The number of rotatable bonds is 3. The first-order valence-electron chi connectivity index (χ1n) is 6.13. The van der Waals surface area contributed by atoms with Gasteiger partial charge >= 0.3 is 0 Å². The Kier molecular flexibility index (Phi) is 2.86. The van der Waals surface area contributed by atoms with E-state index >= 15 is 0 Å². The second-order valence-electron chi connectivity index (χ2n) is 5.33. The summed E-state index contributed by atoms with van der Waals surface area (Å²) in [6.45, 7) is 6.28. The lowest BCUT2D eigenvalue weighted by Gasteiger charge is -2.11. The highest BCUT2D eigenvalue weighted by Gasteiger charge is 2.52. The van der Waals surface area contributed by atoms with Crippen LogP contribution < -0.4 is 11.1 Å². The van der Waals surface area contributed by atoms with E-state index in [1.54, 1.807) is 0 Å². The Morgan fingerprint density at radius 2 is 2.29 bits per heavy atom. The Hall–Kier alpha value is -1.51. The molecule has 1 saturated carbocycles. The highest BCUT2D eigenvalue weighted by atomic mass is 16.2. The third-order valence-corrected chi connectivity index (χ3v) is 4.00. The SMILES string of the molecule is CCC1(C)CC1C(=O)Nc1cc(N)ccc1C. The van der Waals surface area contributed by atoms with Crippen LogP contribution in [-0.2, 0) is 4.79 Å². The van der Waals surface area contributed by atoms with Gasteiger partial charge in [0.25, 0.3) is 0 Å². The first kappa shape index (κ1) is 12.0. The topological polar surface area (TPSA) is 55.1 Å². The molecule has 3 N–H and O–H groups in total. The Morgan fingerprint density at radius 1 is 1.59 bits per heavy atom. The summed E-state index contributed by atoms with van der Waals surface area (Å²) in [6, 6.07) is 5.59. The predicted octanol–water partition coefficient (Wildman–Crippen LogP) is 2.95. The van der Waals surface area contributed by atoms with Gasteiger partial charge in [-0.15, -0.1) is 0 Å². The molecule has 1 aliphatic rings. The number of nitrogens with two attached hydrogens (primary N) is 1. The van der Waals surface area contributed by atoms with Crippen LogP contribution >= 0.6 is 0 Å². The van der Waals surface area contributed by atoms with Gasteiger partial charge in [0.1, 0.15) is 0 Å². The molecule has 0 aliphatic heterocycles. The third-order valence-electron chi connectivity index (χ3n) is 4.00. The highest BCUT2D eigenvalue weighted by Crippen LogP contribution is 2.55. The van der Waals surface area contributed by atoms with E-state index in [0.717, 1.165) is 24.1 Å². The summed E-state index contributed by atoms with van der Waals surface area (Å²) in [7, 11) is 0. The van der Waals surface area contributed by atoms with Gasteiger partial charge < -0.3 is 11.1 Å². The number of carbonyl (C=O) groups excluding carboxylic acids is 1. The van der Waals surface area contributed by atoms with Crippen LogP contribution in [0.1, 0.15) is 32.3 Å². The van der Waals surface area contributed by atoms with E-state index in [0.29, 0.717) is 5.69 Å². The smallest absolute Gasteiger partial charge is 0.228 e. The summed E-state index contributed by atoms with van der Waals surface area (Å²) in [5, 5.41) is 2.98. The van der Waals surface area contributed by atoms with Crippen LogP contribution in [0, 0.1) is 18.3 Å². The van der Waals surface area contributed by atoms with E-state index in [-0.39, 0.29) is 17.2 Å². The molecule has 0 bridgehead atoms. The van der Waals surface area contributed by atoms with Crippen molar-refractivity contribution in [1.82, 2.24) is 0 Å². The van der Waals surface area contributed by atoms with Gasteiger partial charge in [-0.3, -0.25) is 4.79 Å². The summed E-state index contributed by atoms with van der Waals surface area (Å²) in [5.74, 6) is 0.288. The molecular formula is C14H20N2O. The van der Waals surface area contributed by atoms with Crippen molar-refractivity contribution in [2.24, 2.45) is 11.3 Å². The van der Waals surface area contributed by atoms with Gasteiger partial charge in [0.15, 0.2) is 0 Å². The summed E-state index contributed by atoms with van der Waals surface area (Å²) in [5.41, 5.74) is 8.49. The molecule has 3 nitrogen and oxygen atoms in total. The summed E-state index contributed by atoms with van der Waals surface area (Å²) < 4.78 is 0. The van der Waals surface area contributed by atoms with Crippen molar-refractivity contribution in [1.29, 1.82) is 0 Å². The zero-order valence-electron chi connectivity index (χ0n) is 10.7. The lowest BCUT2D eigenvalue weighted by Crippen LogP contribution is -2.18. The van der Waals surface area contributed by atoms with E-state index in [1.165, 1.54) is 0 Å². The molecule has 17 heavy (non-hydrogen) atoms. The largest absolute Gasteiger partial charge is 0.399 e. The summed E-state index contributed by atoms with van der Waals surface area (Å²) in [4.78, 5) is 12.1. The zero-order valence-corrected chi connectivity index (χ0v) is 10.7. The monoisotopic (exact) mass is 232 g/mol. The molecule has 0 aromatic heterocycles. The first-order chi connectivity index (χ1) is 7.96. The number of hydrogen-bond donors (Lipinski definition) is 2. The van der Waals surface area contributed by atoms with Crippen molar-refractivity contribution >= 4 is 17.3 Å². The van der Waals surface area contributed by atoms with Gasteiger partial charge in [-0.05, 0) is 42.9 Å². The summed E-state index contributed by atoms with van der Waals surface area (Å²) in [6.07, 6.45) is 2.05. The van der Waals surface area contributed by atoms with Gasteiger partial charge in [-0.1, -0.05) is 19.9 Å². The molecule has 0 saturated heterocycles. The molecule has 1 aliphatic carbocycles. The van der Waals surface area contributed by atoms with Crippen LogP contribution in [0.3, 0.4) is 0 Å². The van der Waals surface area contributed by atoms with E-state index in [2.05, 4.69) is 19.2 Å². The van der Waals surface area contributed by atoms with Crippen molar-refractivity contribution in [2.45, 2.75) is 33.6 Å². The van der Waals surface area contributed by atoms with E-state index in [9.17, 15) is 4.79 Å². The third kappa shape index (κ3) is 2.28. The average Bonchev–Trinajstić information content (AvgIpc) is 2.97. The number of nitrogens with one attached hydrogen (secondary N) is 1. The molecule has 2 atom stereocenters. The number of hydrogen-bond acceptors (Lipinski definition) is 2. The molecule has 1 aromatic rings. The number of benzene rings is 1. The fourth-order valence-electron chi connectivity index (χ4n) is 2.20. The highest BCUT2D eigenvalue weighted by molar-refractivity contribution is 5.96. The maximum absolute atomic E-state index is 12.1. The van der Waals surface area contributed by atoms with Crippen LogP contribution in [0.4, 0.5) is 11.4 Å². The van der Waals surface area contributed by atoms with E-state index in [1.807, 2.05) is 25.1 Å². The van der Waals surface area contributed by atoms with Crippen molar-refractivity contribution in [2.75, 3.05) is 11.1 Å². The lowest BCUT2D eigenvalue weighted by atomic mass is 10.0. The Labute approximate surface area is 102 Å². The van der Waals surface area contributed by atoms with Crippen LogP contribution in [0.15, 0.2) is 18.2 Å². The normalized spacial score (nSPS) is 26.6. The number of anilines is 2. The van der Waals surface area contributed by atoms with Crippen molar-refractivity contribution in [3.05, 3.63) is 23.8 Å². The molecule has 2 rings (SSSR count). The Balaban J connectivity index is 2.07. The van der Waals surface area contributed by atoms with Gasteiger partial charge in [0, 0.05) is 17.3 Å². The van der Waals surface area contributed by atoms with Crippen molar-refractivity contribution in [3.8, 4) is 0 Å². The molecule has 1 amide bonds. The fourth-order valence-corrected chi connectivity index (χ4v) is 2.20. The van der Waals surface area contributed by atoms with Crippen LogP contribution in [0.25, 0.3) is 0 Å². The van der Waals surface area contributed by atoms with E-state index in [4.69, 9.17) is 5.73 Å². The second-order valence-corrected chi connectivity index (χ2v) is 5.33. The van der Waals surface area contributed by atoms with Gasteiger partial charge in [-0.2, -0.15) is 0 Å². The number of carbonyl (C=O) groups is 1. The Bertz CT molecular complexity index is 456. The molecule has 0 radical (unpaired) electrons. The van der Waals surface area contributed by atoms with Gasteiger partial charge in [-0.25, -0.2) is 0 Å². The second kappa shape index (κ2) is 4.06. The minimum Gasteiger partial charge on any atom is -0.399 e. The predicted molar refractivity (Wildman–Crippen MR) is 70.7 cm³/mol. The summed E-state index contributed by atoms with van der Waals surface area (Å²) >= 11 is 0. The maximum atomic E-state index is 12.1. The Morgan fingerprint density at radius 3 is 2.88 bits per heavy atom. The number of nitrogen functional groups attached to an aromatic ring is 1. The molecular weight excluding hydrogens is 212 g/mol. The average molecular weight is 232 g/mol. The molecule has 0 spiro atoms. The van der Waals surface area contributed by atoms with Crippen LogP contribution in [0.5, 0.6) is 0 Å². The maximum Gasteiger partial charge on any atom is 0.228 e. The minimum atomic E-state index is 0.128. The first-order valence-corrected chi connectivity index (χ1v) is 6.13.